The first-order valence-electron chi connectivity index (χ1n) is 6.21. The number of aliphatic hydroxyl groups is 1. The predicted molar refractivity (Wildman–Crippen MR) is 71.4 cm³/mol. The number of anilines is 1. The number of para-hydroxylation sites is 1. The molecule has 0 saturated carbocycles. The molecule has 3 rings (SSSR count). The van der Waals surface area contributed by atoms with Crippen LogP contribution in [0.2, 0.25) is 0 Å². The SMILES string of the molecule is CN1C(=O)C(O)(CC(=O)c2ccco2)c2ccccc21. The quantitative estimate of drug-likeness (QED) is 0.863. The first kappa shape index (κ1) is 12.6. The lowest BCUT2D eigenvalue weighted by Crippen LogP contribution is -2.40. The van der Waals surface area contributed by atoms with Crippen molar-refractivity contribution in [3.05, 3.63) is 54.0 Å². The Balaban J connectivity index is 2.00. The molecule has 1 aromatic carbocycles. The number of carbonyl (C=O) groups is 2. The molecule has 1 unspecified atom stereocenters. The minimum Gasteiger partial charge on any atom is -0.461 e. The number of hydrogen-bond acceptors (Lipinski definition) is 4. The zero-order valence-electron chi connectivity index (χ0n) is 10.9. The number of ketones is 1. The van der Waals surface area contributed by atoms with Gasteiger partial charge in [0.05, 0.1) is 18.4 Å². The topological polar surface area (TPSA) is 70.8 Å². The minimum absolute atomic E-state index is 0.137. The highest BCUT2D eigenvalue weighted by atomic mass is 16.3. The number of fused-ring (bicyclic) bond motifs is 1. The molecule has 1 atom stereocenters. The molecule has 1 N–H and O–H groups in total. The summed E-state index contributed by atoms with van der Waals surface area (Å²) < 4.78 is 5.02. The van der Waals surface area contributed by atoms with Crippen LogP contribution in [0.15, 0.2) is 47.1 Å². The Morgan fingerprint density at radius 3 is 2.75 bits per heavy atom. The van der Waals surface area contributed by atoms with Gasteiger partial charge in [-0.15, -0.1) is 0 Å². The highest BCUT2D eigenvalue weighted by Gasteiger charge is 2.49. The monoisotopic (exact) mass is 271 g/mol. The van der Waals surface area contributed by atoms with Crippen molar-refractivity contribution >= 4 is 17.4 Å². The van der Waals surface area contributed by atoms with Gasteiger partial charge in [-0.3, -0.25) is 9.59 Å². The van der Waals surface area contributed by atoms with Gasteiger partial charge < -0.3 is 14.4 Å². The summed E-state index contributed by atoms with van der Waals surface area (Å²) in [7, 11) is 1.58. The van der Waals surface area contributed by atoms with Gasteiger partial charge in [-0.05, 0) is 18.2 Å². The number of Topliss-reactive ketones (excluding diaryl/α,β-unsaturated/α-hetero) is 1. The van der Waals surface area contributed by atoms with Gasteiger partial charge in [-0.2, -0.15) is 0 Å². The molecule has 0 bridgehead atoms. The van der Waals surface area contributed by atoms with Crippen LogP contribution >= 0.6 is 0 Å². The van der Waals surface area contributed by atoms with Gasteiger partial charge in [0.25, 0.3) is 5.91 Å². The van der Waals surface area contributed by atoms with E-state index >= 15 is 0 Å². The molecule has 1 amide bonds. The Kier molecular flexibility index (Phi) is 2.72. The van der Waals surface area contributed by atoms with E-state index in [1.54, 1.807) is 37.4 Å². The van der Waals surface area contributed by atoms with Gasteiger partial charge in [-0.1, -0.05) is 18.2 Å². The van der Waals surface area contributed by atoms with Crippen molar-refractivity contribution in [2.75, 3.05) is 11.9 Å². The first-order valence-corrected chi connectivity index (χ1v) is 6.21. The lowest BCUT2D eigenvalue weighted by molar-refractivity contribution is -0.135. The molecular weight excluding hydrogens is 258 g/mol. The number of benzene rings is 1. The van der Waals surface area contributed by atoms with Crippen LogP contribution < -0.4 is 4.90 Å². The number of furan rings is 1. The van der Waals surface area contributed by atoms with Gasteiger partial charge in [0.2, 0.25) is 5.78 Å². The molecule has 5 heteroatoms. The minimum atomic E-state index is -1.82. The molecule has 2 aromatic rings. The highest BCUT2D eigenvalue weighted by molar-refractivity contribution is 6.10. The molecule has 20 heavy (non-hydrogen) atoms. The van der Waals surface area contributed by atoms with Crippen molar-refractivity contribution in [2.24, 2.45) is 0 Å². The molecule has 5 nitrogen and oxygen atoms in total. The molecule has 1 aliphatic rings. The fourth-order valence-electron chi connectivity index (χ4n) is 2.55. The Hall–Kier alpha value is -2.40. The molecule has 0 spiro atoms. The zero-order chi connectivity index (χ0) is 14.3. The second kappa shape index (κ2) is 4.31. The van der Waals surface area contributed by atoms with Crippen LogP contribution in [0.5, 0.6) is 0 Å². The summed E-state index contributed by atoms with van der Waals surface area (Å²) in [6.07, 6.45) is 1.05. The molecule has 0 saturated heterocycles. The maximum atomic E-state index is 12.3. The first-order chi connectivity index (χ1) is 9.54. The number of amides is 1. The van der Waals surface area contributed by atoms with E-state index in [2.05, 4.69) is 0 Å². The second-order valence-electron chi connectivity index (χ2n) is 4.82. The van der Waals surface area contributed by atoms with Crippen LogP contribution in [-0.4, -0.2) is 23.8 Å². The van der Waals surface area contributed by atoms with E-state index in [9.17, 15) is 14.7 Å². The number of hydrogen-bond donors (Lipinski definition) is 1. The van der Waals surface area contributed by atoms with E-state index in [0.717, 1.165) is 0 Å². The summed E-state index contributed by atoms with van der Waals surface area (Å²) in [5.41, 5.74) is -0.755. The third kappa shape index (κ3) is 1.67. The third-order valence-electron chi connectivity index (χ3n) is 3.58. The van der Waals surface area contributed by atoms with Gasteiger partial charge in [0.1, 0.15) is 0 Å². The van der Waals surface area contributed by atoms with Crippen molar-refractivity contribution in [2.45, 2.75) is 12.0 Å². The number of rotatable bonds is 3. The van der Waals surface area contributed by atoms with Crippen LogP contribution in [0.25, 0.3) is 0 Å². The third-order valence-corrected chi connectivity index (χ3v) is 3.58. The Labute approximate surface area is 115 Å². The second-order valence-corrected chi connectivity index (χ2v) is 4.82. The van der Waals surface area contributed by atoms with Crippen LogP contribution in [0.4, 0.5) is 5.69 Å². The maximum absolute atomic E-state index is 12.3. The van der Waals surface area contributed by atoms with E-state index in [-0.39, 0.29) is 12.2 Å². The van der Waals surface area contributed by atoms with E-state index in [1.165, 1.54) is 17.2 Å². The summed E-state index contributed by atoms with van der Waals surface area (Å²) in [4.78, 5) is 25.8. The number of carbonyl (C=O) groups excluding carboxylic acids is 2. The van der Waals surface area contributed by atoms with Crippen molar-refractivity contribution in [3.63, 3.8) is 0 Å². The van der Waals surface area contributed by atoms with E-state index in [1.807, 2.05) is 0 Å². The normalized spacial score (nSPS) is 21.1. The Bertz CT molecular complexity index is 677. The van der Waals surface area contributed by atoms with E-state index < -0.39 is 17.3 Å². The summed E-state index contributed by atoms with van der Waals surface area (Å²) in [5.74, 6) is -0.771. The molecule has 0 radical (unpaired) electrons. The Morgan fingerprint density at radius 2 is 2.05 bits per heavy atom. The molecule has 2 heterocycles. The van der Waals surface area contributed by atoms with E-state index in [4.69, 9.17) is 4.42 Å². The van der Waals surface area contributed by atoms with Crippen molar-refractivity contribution < 1.29 is 19.1 Å². The maximum Gasteiger partial charge on any atom is 0.263 e. The zero-order valence-corrected chi connectivity index (χ0v) is 10.9. The fourth-order valence-corrected chi connectivity index (χ4v) is 2.55. The summed E-state index contributed by atoms with van der Waals surface area (Å²) in [5, 5.41) is 10.7. The van der Waals surface area contributed by atoms with Gasteiger partial charge >= 0.3 is 0 Å². The smallest absolute Gasteiger partial charge is 0.263 e. The largest absolute Gasteiger partial charge is 0.461 e. The average molecular weight is 271 g/mol. The van der Waals surface area contributed by atoms with Crippen LogP contribution in [0.3, 0.4) is 0 Å². The highest BCUT2D eigenvalue weighted by Crippen LogP contribution is 2.41. The molecule has 1 aliphatic heterocycles. The molecule has 0 fully saturated rings. The summed E-state index contributed by atoms with van der Waals surface area (Å²) in [6.45, 7) is 0. The van der Waals surface area contributed by atoms with Crippen LogP contribution in [-0.2, 0) is 10.4 Å². The van der Waals surface area contributed by atoms with Gasteiger partial charge in [0.15, 0.2) is 11.4 Å². The van der Waals surface area contributed by atoms with Crippen molar-refractivity contribution in [1.29, 1.82) is 0 Å². The lowest BCUT2D eigenvalue weighted by atomic mass is 9.89. The van der Waals surface area contributed by atoms with Crippen LogP contribution in [0.1, 0.15) is 22.5 Å². The van der Waals surface area contributed by atoms with Gasteiger partial charge in [0, 0.05) is 12.6 Å². The number of nitrogens with zero attached hydrogens (tertiary/aromatic N) is 1. The predicted octanol–water partition coefficient (Wildman–Crippen LogP) is 1.72. The van der Waals surface area contributed by atoms with Crippen LogP contribution in [0, 0.1) is 0 Å². The fraction of sp³-hybridized carbons (Fsp3) is 0.200. The van der Waals surface area contributed by atoms with Gasteiger partial charge in [-0.25, -0.2) is 0 Å². The molecule has 0 aliphatic carbocycles. The summed E-state index contributed by atoms with van der Waals surface area (Å²) >= 11 is 0. The van der Waals surface area contributed by atoms with Crippen molar-refractivity contribution in [3.8, 4) is 0 Å². The van der Waals surface area contributed by atoms with E-state index in [0.29, 0.717) is 11.3 Å². The number of likely N-dealkylation sites (N-methyl/N-ethyl adjacent to an activating group) is 1. The Morgan fingerprint density at radius 1 is 1.30 bits per heavy atom. The standard InChI is InChI=1S/C15H13NO4/c1-16-11-6-3-2-5-10(11)15(19,14(16)18)9-12(17)13-7-4-8-20-13/h2-8,19H,9H2,1H3. The molecular formula is C15H13NO4. The average Bonchev–Trinajstić information content (AvgIpc) is 3.04. The van der Waals surface area contributed by atoms with Crippen molar-refractivity contribution in [1.82, 2.24) is 0 Å². The molecule has 1 aromatic heterocycles. The summed E-state index contributed by atoms with van der Waals surface area (Å²) in [6, 6.07) is 10.0. The lowest BCUT2D eigenvalue weighted by Gasteiger charge is -2.20. The molecule has 102 valence electrons.